The summed E-state index contributed by atoms with van der Waals surface area (Å²) >= 11 is 0. The lowest BCUT2D eigenvalue weighted by atomic mass is 10.1. The average molecular weight is 532 g/mol. The van der Waals surface area contributed by atoms with Crippen LogP contribution in [0.2, 0.25) is 0 Å². The second-order valence-electron chi connectivity index (χ2n) is 9.26. The zero-order chi connectivity index (χ0) is 27.0. The fourth-order valence-electron chi connectivity index (χ4n) is 4.63. The van der Waals surface area contributed by atoms with Gasteiger partial charge in [0, 0.05) is 18.7 Å². The van der Waals surface area contributed by atoms with E-state index in [0.29, 0.717) is 23.6 Å². The fourth-order valence-corrected chi connectivity index (χ4v) is 5.48. The molecule has 0 aromatic heterocycles. The molecule has 3 rings (SSSR count). The Bertz CT molecular complexity index is 1180. The molecule has 2 amide bonds. The van der Waals surface area contributed by atoms with E-state index in [4.69, 9.17) is 9.47 Å². The summed E-state index contributed by atoms with van der Waals surface area (Å²) in [5.74, 6) is 0.388. The van der Waals surface area contributed by atoms with Crippen LogP contribution < -0.4 is 19.1 Å². The molecule has 9 nitrogen and oxygen atoms in total. The zero-order valence-corrected chi connectivity index (χ0v) is 22.8. The summed E-state index contributed by atoms with van der Waals surface area (Å²) in [4.78, 5) is 28.6. The highest BCUT2D eigenvalue weighted by molar-refractivity contribution is 7.92. The minimum atomic E-state index is -3.82. The normalized spacial score (nSPS) is 14.6. The first kappa shape index (κ1) is 28.3. The second kappa shape index (κ2) is 12.8. The molecule has 2 aromatic rings. The molecule has 202 valence electrons. The third-order valence-electron chi connectivity index (χ3n) is 6.60. The topological polar surface area (TPSA) is 105 Å². The smallest absolute Gasteiger partial charge is 0.244 e. The van der Waals surface area contributed by atoms with E-state index in [-0.39, 0.29) is 18.5 Å². The molecular formula is C27H37N3O6S. The molecule has 1 atom stereocenters. The Morgan fingerprint density at radius 3 is 2.24 bits per heavy atom. The number of benzene rings is 2. The van der Waals surface area contributed by atoms with Crippen LogP contribution in [0.4, 0.5) is 5.69 Å². The largest absolute Gasteiger partial charge is 0.497 e. The van der Waals surface area contributed by atoms with Crippen molar-refractivity contribution in [3.8, 4) is 11.5 Å². The van der Waals surface area contributed by atoms with Crippen LogP contribution in [-0.4, -0.2) is 64.2 Å². The van der Waals surface area contributed by atoms with Gasteiger partial charge in [0.05, 0.1) is 26.2 Å². The van der Waals surface area contributed by atoms with Crippen LogP contribution in [0.15, 0.2) is 48.5 Å². The van der Waals surface area contributed by atoms with Crippen molar-refractivity contribution in [1.82, 2.24) is 10.2 Å². The molecule has 0 unspecified atom stereocenters. The first-order valence-electron chi connectivity index (χ1n) is 12.5. The van der Waals surface area contributed by atoms with Gasteiger partial charge in [-0.2, -0.15) is 0 Å². The van der Waals surface area contributed by atoms with E-state index in [1.54, 1.807) is 43.5 Å². The number of methoxy groups -OCH3 is 2. The van der Waals surface area contributed by atoms with Crippen molar-refractivity contribution >= 4 is 27.5 Å². The van der Waals surface area contributed by atoms with Gasteiger partial charge in [0.1, 0.15) is 24.1 Å². The number of sulfonamides is 1. The van der Waals surface area contributed by atoms with Gasteiger partial charge < -0.3 is 19.7 Å². The van der Waals surface area contributed by atoms with Crippen LogP contribution in [0.3, 0.4) is 0 Å². The number of carbonyl (C=O) groups excluding carboxylic acids is 2. The average Bonchev–Trinajstić information content (AvgIpc) is 3.39. The monoisotopic (exact) mass is 531 g/mol. The third-order valence-corrected chi connectivity index (χ3v) is 7.74. The third kappa shape index (κ3) is 7.61. The van der Waals surface area contributed by atoms with Crippen molar-refractivity contribution in [2.24, 2.45) is 0 Å². The molecule has 1 N–H and O–H groups in total. The summed E-state index contributed by atoms with van der Waals surface area (Å²) in [6.07, 6.45) is 5.41. The molecule has 1 aliphatic carbocycles. The van der Waals surface area contributed by atoms with Gasteiger partial charge in [0.25, 0.3) is 0 Å². The van der Waals surface area contributed by atoms with Gasteiger partial charge in [0.2, 0.25) is 21.8 Å². The fraction of sp³-hybridized carbons (Fsp3) is 0.481. The van der Waals surface area contributed by atoms with Crippen molar-refractivity contribution in [2.45, 2.75) is 57.7 Å². The Morgan fingerprint density at radius 1 is 1.03 bits per heavy atom. The lowest BCUT2D eigenvalue weighted by Crippen LogP contribution is -2.53. The van der Waals surface area contributed by atoms with Crippen molar-refractivity contribution in [2.75, 3.05) is 31.3 Å². The number of nitrogens with zero attached hydrogens (tertiary/aromatic N) is 2. The summed E-state index contributed by atoms with van der Waals surface area (Å²) < 4.78 is 37.1. The standard InChI is InChI=1S/C27H37N3O6S/c1-5-25(27(32)28-21-11-6-7-12-21)29(18-20-10-8-14-23(16-20)35-2)26(31)19-30(37(4,33)34)22-13-9-15-24(17-22)36-3/h8-10,13-17,21,25H,5-7,11-12,18-19H2,1-4H3,(H,28,32)/t25-/m1/s1. The second-order valence-corrected chi connectivity index (χ2v) is 11.2. The molecule has 1 aliphatic rings. The highest BCUT2D eigenvalue weighted by Crippen LogP contribution is 2.25. The maximum Gasteiger partial charge on any atom is 0.244 e. The van der Waals surface area contributed by atoms with Gasteiger partial charge >= 0.3 is 0 Å². The lowest BCUT2D eigenvalue weighted by Gasteiger charge is -2.33. The first-order valence-corrected chi connectivity index (χ1v) is 14.4. The lowest BCUT2D eigenvalue weighted by molar-refractivity contribution is -0.140. The molecule has 0 radical (unpaired) electrons. The van der Waals surface area contributed by atoms with E-state index in [1.807, 2.05) is 19.1 Å². The molecule has 1 saturated carbocycles. The summed E-state index contributed by atoms with van der Waals surface area (Å²) in [6.45, 7) is 1.52. The Morgan fingerprint density at radius 2 is 1.65 bits per heavy atom. The van der Waals surface area contributed by atoms with Crippen LogP contribution in [0.5, 0.6) is 11.5 Å². The minimum Gasteiger partial charge on any atom is -0.497 e. The Hall–Kier alpha value is -3.27. The summed E-state index contributed by atoms with van der Waals surface area (Å²) in [7, 11) is -0.771. The van der Waals surface area contributed by atoms with Gasteiger partial charge in [0.15, 0.2) is 0 Å². The molecule has 0 bridgehead atoms. The van der Waals surface area contributed by atoms with Gasteiger partial charge in [-0.3, -0.25) is 13.9 Å². The number of anilines is 1. The molecule has 0 heterocycles. The molecular weight excluding hydrogens is 494 g/mol. The highest BCUT2D eigenvalue weighted by atomic mass is 32.2. The maximum atomic E-state index is 13.8. The maximum absolute atomic E-state index is 13.8. The summed E-state index contributed by atoms with van der Waals surface area (Å²) in [5.41, 5.74) is 1.08. The molecule has 0 saturated heterocycles. The Labute approximate surface area is 219 Å². The SMILES string of the molecule is CC[C@H](C(=O)NC1CCCC1)N(Cc1cccc(OC)c1)C(=O)CN(c1cccc(OC)c1)S(C)(=O)=O. The summed E-state index contributed by atoms with van der Waals surface area (Å²) in [6, 6.07) is 13.1. The zero-order valence-electron chi connectivity index (χ0n) is 22.0. The number of nitrogens with one attached hydrogen (secondary N) is 1. The number of hydrogen-bond donors (Lipinski definition) is 1. The number of amides is 2. The number of ether oxygens (including phenoxy) is 2. The van der Waals surface area contributed by atoms with Gasteiger partial charge in [-0.15, -0.1) is 0 Å². The van der Waals surface area contributed by atoms with Crippen molar-refractivity contribution in [1.29, 1.82) is 0 Å². The van der Waals surface area contributed by atoms with E-state index < -0.39 is 28.5 Å². The van der Waals surface area contributed by atoms with Crippen LogP contribution >= 0.6 is 0 Å². The van der Waals surface area contributed by atoms with E-state index in [2.05, 4.69) is 5.32 Å². The Kier molecular flexibility index (Phi) is 9.79. The molecule has 10 heteroatoms. The first-order chi connectivity index (χ1) is 17.7. The van der Waals surface area contributed by atoms with Crippen LogP contribution in [0.25, 0.3) is 0 Å². The predicted octanol–water partition coefficient (Wildman–Crippen LogP) is 3.34. The van der Waals surface area contributed by atoms with Crippen molar-refractivity contribution in [3.63, 3.8) is 0 Å². The van der Waals surface area contributed by atoms with Crippen LogP contribution in [-0.2, 0) is 26.2 Å². The molecule has 0 spiro atoms. The number of rotatable bonds is 12. The van der Waals surface area contributed by atoms with Gasteiger partial charge in [-0.25, -0.2) is 8.42 Å². The van der Waals surface area contributed by atoms with Crippen molar-refractivity contribution in [3.05, 3.63) is 54.1 Å². The summed E-state index contributed by atoms with van der Waals surface area (Å²) in [5, 5.41) is 3.10. The van der Waals surface area contributed by atoms with Crippen LogP contribution in [0.1, 0.15) is 44.6 Å². The van der Waals surface area contributed by atoms with Crippen LogP contribution in [0, 0.1) is 0 Å². The van der Waals surface area contributed by atoms with E-state index in [0.717, 1.165) is 41.8 Å². The van der Waals surface area contributed by atoms with Gasteiger partial charge in [-0.05, 0) is 49.1 Å². The molecule has 2 aromatic carbocycles. The number of hydrogen-bond acceptors (Lipinski definition) is 6. The van der Waals surface area contributed by atoms with Crippen molar-refractivity contribution < 1.29 is 27.5 Å². The number of carbonyl (C=O) groups is 2. The molecule has 37 heavy (non-hydrogen) atoms. The molecule has 1 fully saturated rings. The molecule has 0 aliphatic heterocycles. The van der Waals surface area contributed by atoms with E-state index in [9.17, 15) is 18.0 Å². The highest BCUT2D eigenvalue weighted by Gasteiger charge is 2.33. The minimum absolute atomic E-state index is 0.0969. The quantitative estimate of drug-likeness (QED) is 0.451. The Balaban J connectivity index is 1.94. The predicted molar refractivity (Wildman–Crippen MR) is 143 cm³/mol. The van der Waals surface area contributed by atoms with Gasteiger partial charge in [-0.1, -0.05) is 38.0 Å². The van der Waals surface area contributed by atoms with E-state index in [1.165, 1.54) is 12.0 Å². The van der Waals surface area contributed by atoms with E-state index >= 15 is 0 Å².